The smallest absolute Gasteiger partial charge is 0.311 e. The zero-order valence-electron chi connectivity index (χ0n) is 10.1. The van der Waals surface area contributed by atoms with Gasteiger partial charge in [0, 0.05) is 18.0 Å². The molecule has 5 nitrogen and oxygen atoms in total. The maximum absolute atomic E-state index is 11.6. The Bertz CT molecular complexity index is 627. The first-order chi connectivity index (χ1) is 8.52. The summed E-state index contributed by atoms with van der Waals surface area (Å²) in [5.41, 5.74) is 1.22. The van der Waals surface area contributed by atoms with E-state index in [-0.39, 0.29) is 18.1 Å². The van der Waals surface area contributed by atoms with E-state index in [0.29, 0.717) is 16.6 Å². The van der Waals surface area contributed by atoms with Crippen molar-refractivity contribution in [2.24, 2.45) is 0 Å². The van der Waals surface area contributed by atoms with E-state index in [0.717, 1.165) is 0 Å². The first-order valence-electron chi connectivity index (χ1n) is 5.44. The number of phenols is 1. The number of nitrogens with zero attached hydrogens (tertiary/aromatic N) is 1. The number of aromatic hydroxyl groups is 1. The van der Waals surface area contributed by atoms with Crippen LogP contribution in [0.1, 0.15) is 17.4 Å². The van der Waals surface area contributed by atoms with Crippen LogP contribution in [-0.2, 0) is 16.0 Å². The highest BCUT2D eigenvalue weighted by molar-refractivity contribution is 5.94. The van der Waals surface area contributed by atoms with Crippen LogP contribution in [0, 0.1) is 0 Å². The zero-order valence-corrected chi connectivity index (χ0v) is 10.1. The average molecular weight is 247 g/mol. The van der Waals surface area contributed by atoms with Crippen molar-refractivity contribution in [3.63, 3.8) is 0 Å². The summed E-state index contributed by atoms with van der Waals surface area (Å²) in [5.74, 6) is -0.480. The van der Waals surface area contributed by atoms with Crippen LogP contribution in [0.15, 0.2) is 24.3 Å². The van der Waals surface area contributed by atoms with Crippen LogP contribution in [0.5, 0.6) is 5.75 Å². The summed E-state index contributed by atoms with van der Waals surface area (Å²) in [4.78, 5) is 22.9. The minimum absolute atomic E-state index is 0.0194. The summed E-state index contributed by atoms with van der Waals surface area (Å²) >= 11 is 0. The van der Waals surface area contributed by atoms with Crippen molar-refractivity contribution in [3.05, 3.63) is 30.0 Å². The Balaban J connectivity index is 2.61. The highest BCUT2D eigenvalue weighted by atomic mass is 16.5. The number of rotatable bonds is 2. The lowest BCUT2D eigenvalue weighted by Gasteiger charge is -2.05. The number of phenolic OH excluding ortho intramolecular Hbond substituents is 1. The second-order valence-electron chi connectivity index (χ2n) is 3.99. The third kappa shape index (κ3) is 2.07. The van der Waals surface area contributed by atoms with E-state index in [9.17, 15) is 14.7 Å². The van der Waals surface area contributed by atoms with E-state index in [4.69, 9.17) is 0 Å². The van der Waals surface area contributed by atoms with Gasteiger partial charge in [-0.1, -0.05) is 0 Å². The van der Waals surface area contributed by atoms with Crippen LogP contribution in [0.4, 0.5) is 0 Å². The number of fused-ring (bicyclic) bond motifs is 1. The second-order valence-corrected chi connectivity index (χ2v) is 3.99. The van der Waals surface area contributed by atoms with E-state index >= 15 is 0 Å². The topological polar surface area (TPSA) is 68.5 Å². The van der Waals surface area contributed by atoms with Gasteiger partial charge in [-0.2, -0.15) is 0 Å². The monoisotopic (exact) mass is 247 g/mol. The molecule has 0 amide bonds. The SMILES string of the molecule is COC(=O)Cc1cc2cc(O)ccc2n1C(C)=O. The molecule has 1 heterocycles. The van der Waals surface area contributed by atoms with E-state index in [2.05, 4.69) is 4.74 Å². The van der Waals surface area contributed by atoms with Crippen LogP contribution in [0.2, 0.25) is 0 Å². The predicted molar refractivity (Wildman–Crippen MR) is 65.6 cm³/mol. The molecule has 0 saturated carbocycles. The number of ether oxygens (including phenoxy) is 1. The average Bonchev–Trinajstić information content (AvgIpc) is 2.65. The van der Waals surface area contributed by atoms with Crippen molar-refractivity contribution in [1.29, 1.82) is 0 Å². The van der Waals surface area contributed by atoms with Crippen molar-refractivity contribution in [2.45, 2.75) is 13.3 Å². The van der Waals surface area contributed by atoms with Gasteiger partial charge in [0.15, 0.2) is 0 Å². The minimum atomic E-state index is -0.412. The molecule has 0 atom stereocenters. The summed E-state index contributed by atoms with van der Waals surface area (Å²) in [6.45, 7) is 1.42. The number of benzene rings is 1. The molecule has 0 fully saturated rings. The summed E-state index contributed by atoms with van der Waals surface area (Å²) in [6, 6.07) is 6.40. The van der Waals surface area contributed by atoms with Crippen molar-refractivity contribution >= 4 is 22.8 Å². The van der Waals surface area contributed by atoms with Crippen molar-refractivity contribution in [1.82, 2.24) is 4.57 Å². The number of aromatic nitrogens is 1. The van der Waals surface area contributed by atoms with Gasteiger partial charge in [0.1, 0.15) is 5.75 Å². The Hall–Kier alpha value is -2.30. The van der Waals surface area contributed by atoms with Gasteiger partial charge in [0.2, 0.25) is 5.91 Å². The number of carbonyl (C=O) groups is 2. The Morgan fingerprint density at radius 3 is 2.67 bits per heavy atom. The zero-order chi connectivity index (χ0) is 13.3. The molecule has 0 saturated heterocycles. The van der Waals surface area contributed by atoms with Gasteiger partial charge in [0.25, 0.3) is 0 Å². The van der Waals surface area contributed by atoms with Crippen LogP contribution in [-0.4, -0.2) is 28.7 Å². The van der Waals surface area contributed by atoms with E-state index in [1.807, 2.05) is 0 Å². The van der Waals surface area contributed by atoms with Gasteiger partial charge in [-0.15, -0.1) is 0 Å². The molecule has 0 spiro atoms. The highest BCUT2D eigenvalue weighted by Crippen LogP contribution is 2.24. The fourth-order valence-corrected chi connectivity index (χ4v) is 1.98. The third-order valence-corrected chi connectivity index (χ3v) is 2.73. The Morgan fingerprint density at radius 2 is 2.06 bits per heavy atom. The standard InChI is InChI=1S/C13H13NO4/c1-8(15)14-10(7-13(17)18-2)5-9-6-11(16)3-4-12(9)14/h3-6,16H,7H2,1-2H3. The van der Waals surface area contributed by atoms with E-state index in [1.165, 1.54) is 24.7 Å². The van der Waals surface area contributed by atoms with Gasteiger partial charge in [-0.05, 0) is 24.3 Å². The highest BCUT2D eigenvalue weighted by Gasteiger charge is 2.15. The number of carbonyl (C=O) groups excluding carboxylic acids is 2. The Kier molecular flexibility index (Phi) is 3.06. The van der Waals surface area contributed by atoms with Crippen molar-refractivity contribution in [2.75, 3.05) is 7.11 Å². The molecule has 1 aromatic carbocycles. The minimum Gasteiger partial charge on any atom is -0.508 e. The van der Waals surface area contributed by atoms with Gasteiger partial charge < -0.3 is 9.84 Å². The van der Waals surface area contributed by atoms with Crippen LogP contribution < -0.4 is 0 Å². The first kappa shape index (κ1) is 12.2. The molecule has 1 aromatic heterocycles. The lowest BCUT2D eigenvalue weighted by Crippen LogP contribution is -2.13. The summed E-state index contributed by atoms with van der Waals surface area (Å²) in [7, 11) is 1.30. The fourth-order valence-electron chi connectivity index (χ4n) is 1.98. The van der Waals surface area contributed by atoms with Crippen LogP contribution in [0.3, 0.4) is 0 Å². The maximum Gasteiger partial charge on any atom is 0.311 e. The molecule has 94 valence electrons. The quantitative estimate of drug-likeness (QED) is 0.820. The number of methoxy groups -OCH3 is 1. The molecule has 2 rings (SSSR count). The van der Waals surface area contributed by atoms with E-state index in [1.54, 1.807) is 18.2 Å². The summed E-state index contributed by atoms with van der Waals surface area (Å²) in [5, 5.41) is 10.1. The predicted octanol–water partition coefficient (Wildman–Crippen LogP) is 1.72. The largest absolute Gasteiger partial charge is 0.508 e. The molecule has 2 aromatic rings. The van der Waals surface area contributed by atoms with Gasteiger partial charge in [0.05, 0.1) is 19.0 Å². The van der Waals surface area contributed by atoms with Gasteiger partial charge in [-0.3, -0.25) is 14.2 Å². The molecule has 5 heteroatoms. The van der Waals surface area contributed by atoms with Gasteiger partial charge in [-0.25, -0.2) is 0 Å². The molecular formula is C13H13NO4. The Labute approximate surface area is 104 Å². The second kappa shape index (κ2) is 4.52. The Morgan fingerprint density at radius 1 is 1.33 bits per heavy atom. The molecule has 0 unspecified atom stereocenters. The van der Waals surface area contributed by atoms with Gasteiger partial charge >= 0.3 is 5.97 Å². The van der Waals surface area contributed by atoms with Crippen molar-refractivity contribution < 1.29 is 19.4 Å². The lowest BCUT2D eigenvalue weighted by atomic mass is 10.2. The molecule has 0 aliphatic carbocycles. The maximum atomic E-state index is 11.6. The molecular weight excluding hydrogens is 234 g/mol. The number of hydrogen-bond donors (Lipinski definition) is 1. The molecule has 18 heavy (non-hydrogen) atoms. The normalized spacial score (nSPS) is 10.6. The fraction of sp³-hybridized carbons (Fsp3) is 0.231. The van der Waals surface area contributed by atoms with Crippen LogP contribution >= 0.6 is 0 Å². The van der Waals surface area contributed by atoms with E-state index < -0.39 is 5.97 Å². The molecule has 0 aliphatic heterocycles. The first-order valence-corrected chi connectivity index (χ1v) is 5.44. The van der Waals surface area contributed by atoms with Crippen LogP contribution in [0.25, 0.3) is 10.9 Å². The molecule has 0 aliphatic rings. The number of hydrogen-bond acceptors (Lipinski definition) is 4. The summed E-state index contributed by atoms with van der Waals surface area (Å²) < 4.78 is 6.05. The molecule has 0 radical (unpaired) electrons. The lowest BCUT2D eigenvalue weighted by molar-refractivity contribution is -0.139. The number of esters is 1. The molecule has 1 N–H and O–H groups in total. The van der Waals surface area contributed by atoms with Crippen molar-refractivity contribution in [3.8, 4) is 5.75 Å². The third-order valence-electron chi connectivity index (χ3n) is 2.73. The summed E-state index contributed by atoms with van der Waals surface area (Å²) in [6.07, 6.45) is 0.0194. The molecule has 0 bridgehead atoms.